The van der Waals surface area contributed by atoms with Crippen LogP contribution < -0.4 is 10.2 Å². The van der Waals surface area contributed by atoms with Gasteiger partial charge in [-0.25, -0.2) is 0 Å². The van der Waals surface area contributed by atoms with Crippen LogP contribution in [0.1, 0.15) is 26.0 Å². The van der Waals surface area contributed by atoms with Gasteiger partial charge >= 0.3 is 0 Å². The molecule has 1 aromatic heterocycles. The lowest BCUT2D eigenvalue weighted by Crippen LogP contribution is -2.38. The van der Waals surface area contributed by atoms with E-state index >= 15 is 0 Å². The van der Waals surface area contributed by atoms with E-state index in [-0.39, 0.29) is 0 Å². The average molecular weight is 266 g/mol. The van der Waals surface area contributed by atoms with Crippen LogP contribution in [0.4, 0.5) is 5.82 Å². The normalized spacial score (nSPS) is 20.1. The molecule has 1 N–H and O–H groups in total. The maximum absolute atomic E-state index is 4.35. The molecule has 0 bridgehead atoms. The maximum atomic E-state index is 4.35. The van der Waals surface area contributed by atoms with Crippen molar-refractivity contribution in [2.24, 2.45) is 0 Å². The van der Waals surface area contributed by atoms with Crippen LogP contribution in [0.25, 0.3) is 0 Å². The zero-order valence-corrected chi connectivity index (χ0v) is 12.0. The van der Waals surface area contributed by atoms with Crippen molar-refractivity contribution in [3.05, 3.63) is 17.8 Å². The SMILES string of the molecule is CCNCc1ccc(N2CCSC(CC)C2)nn1. The molecule has 0 aliphatic carbocycles. The number of hydrogen-bond acceptors (Lipinski definition) is 5. The van der Waals surface area contributed by atoms with Gasteiger partial charge in [0.15, 0.2) is 5.82 Å². The van der Waals surface area contributed by atoms with Gasteiger partial charge in [0.05, 0.1) is 5.69 Å². The quantitative estimate of drug-likeness (QED) is 0.882. The third-order valence-electron chi connectivity index (χ3n) is 3.18. The van der Waals surface area contributed by atoms with E-state index < -0.39 is 0 Å². The second kappa shape index (κ2) is 6.95. The number of nitrogens with one attached hydrogen (secondary N) is 1. The number of aromatic nitrogens is 2. The molecular formula is C13H22N4S. The van der Waals surface area contributed by atoms with Crippen molar-refractivity contribution in [1.29, 1.82) is 0 Å². The molecule has 0 spiro atoms. The molecule has 1 saturated heterocycles. The molecule has 1 aliphatic rings. The zero-order chi connectivity index (χ0) is 12.8. The van der Waals surface area contributed by atoms with Crippen LogP contribution >= 0.6 is 11.8 Å². The first-order valence-electron chi connectivity index (χ1n) is 6.73. The van der Waals surface area contributed by atoms with Crippen molar-refractivity contribution >= 4 is 17.6 Å². The highest BCUT2D eigenvalue weighted by molar-refractivity contribution is 8.00. The van der Waals surface area contributed by atoms with Crippen molar-refractivity contribution in [2.75, 3.05) is 30.3 Å². The van der Waals surface area contributed by atoms with Gasteiger partial charge in [-0.05, 0) is 25.1 Å². The van der Waals surface area contributed by atoms with Crippen LogP contribution in [-0.4, -0.2) is 40.8 Å². The number of nitrogens with zero attached hydrogens (tertiary/aromatic N) is 3. The summed E-state index contributed by atoms with van der Waals surface area (Å²) >= 11 is 2.08. The topological polar surface area (TPSA) is 41.0 Å². The highest BCUT2D eigenvalue weighted by Crippen LogP contribution is 2.24. The van der Waals surface area contributed by atoms with Crippen molar-refractivity contribution in [1.82, 2.24) is 15.5 Å². The molecule has 100 valence electrons. The van der Waals surface area contributed by atoms with Crippen LogP contribution in [0.3, 0.4) is 0 Å². The molecule has 0 amide bonds. The molecule has 2 heterocycles. The Hall–Kier alpha value is -0.810. The van der Waals surface area contributed by atoms with Crippen molar-refractivity contribution in [2.45, 2.75) is 32.1 Å². The molecule has 1 aliphatic heterocycles. The Balaban J connectivity index is 1.96. The first-order chi connectivity index (χ1) is 8.83. The predicted octanol–water partition coefficient (Wildman–Crippen LogP) is 1.92. The minimum Gasteiger partial charge on any atom is -0.353 e. The minimum atomic E-state index is 0.738. The third kappa shape index (κ3) is 3.59. The lowest BCUT2D eigenvalue weighted by Gasteiger charge is -2.32. The van der Waals surface area contributed by atoms with Gasteiger partial charge in [0.1, 0.15) is 0 Å². The summed E-state index contributed by atoms with van der Waals surface area (Å²) in [6, 6.07) is 4.18. The molecule has 1 atom stereocenters. The monoisotopic (exact) mass is 266 g/mol. The lowest BCUT2D eigenvalue weighted by atomic mass is 10.3. The van der Waals surface area contributed by atoms with Crippen LogP contribution in [0, 0.1) is 0 Å². The second-order valence-electron chi connectivity index (χ2n) is 4.51. The van der Waals surface area contributed by atoms with E-state index in [2.05, 4.69) is 58.2 Å². The summed E-state index contributed by atoms with van der Waals surface area (Å²) in [6.45, 7) is 8.30. The Morgan fingerprint density at radius 1 is 1.39 bits per heavy atom. The highest BCUT2D eigenvalue weighted by atomic mass is 32.2. The van der Waals surface area contributed by atoms with Crippen molar-refractivity contribution < 1.29 is 0 Å². The number of thioether (sulfide) groups is 1. The number of anilines is 1. The Labute approximate surface area is 114 Å². The van der Waals surface area contributed by atoms with Gasteiger partial charge in [-0.3, -0.25) is 0 Å². The van der Waals surface area contributed by atoms with Gasteiger partial charge in [0.2, 0.25) is 0 Å². The second-order valence-corrected chi connectivity index (χ2v) is 5.92. The molecule has 0 radical (unpaired) electrons. The standard InChI is InChI=1S/C13H22N4S/c1-3-12-10-17(7-8-18-12)13-6-5-11(15-16-13)9-14-4-2/h5-6,12,14H,3-4,7-10H2,1-2H3. The molecule has 2 rings (SSSR count). The van der Waals surface area contributed by atoms with E-state index in [0.29, 0.717) is 0 Å². The molecule has 1 fully saturated rings. The first kappa shape index (κ1) is 13.6. The van der Waals surface area contributed by atoms with Gasteiger partial charge in [-0.15, -0.1) is 5.10 Å². The fourth-order valence-corrected chi connectivity index (χ4v) is 3.22. The van der Waals surface area contributed by atoms with Gasteiger partial charge in [0.25, 0.3) is 0 Å². The van der Waals surface area contributed by atoms with E-state index in [1.165, 1.54) is 12.2 Å². The Morgan fingerprint density at radius 3 is 2.94 bits per heavy atom. The summed E-state index contributed by atoms with van der Waals surface area (Å²) < 4.78 is 0. The van der Waals surface area contributed by atoms with Gasteiger partial charge < -0.3 is 10.2 Å². The molecule has 0 aromatic carbocycles. The van der Waals surface area contributed by atoms with Crippen molar-refractivity contribution in [3.63, 3.8) is 0 Å². The third-order valence-corrected chi connectivity index (χ3v) is 4.55. The van der Waals surface area contributed by atoms with Gasteiger partial charge in [-0.2, -0.15) is 16.9 Å². The Bertz CT molecular complexity index is 355. The zero-order valence-electron chi connectivity index (χ0n) is 11.2. The lowest BCUT2D eigenvalue weighted by molar-refractivity contribution is 0.685. The van der Waals surface area contributed by atoms with Gasteiger partial charge in [0, 0.05) is 30.6 Å². The maximum Gasteiger partial charge on any atom is 0.151 e. The summed E-state index contributed by atoms with van der Waals surface area (Å²) in [7, 11) is 0. The van der Waals surface area contributed by atoms with E-state index in [1.54, 1.807) is 0 Å². The van der Waals surface area contributed by atoms with E-state index in [9.17, 15) is 0 Å². The highest BCUT2D eigenvalue weighted by Gasteiger charge is 2.20. The summed E-state index contributed by atoms with van der Waals surface area (Å²) in [5.74, 6) is 2.22. The van der Waals surface area contributed by atoms with Crippen LogP contribution in [-0.2, 0) is 6.54 Å². The smallest absolute Gasteiger partial charge is 0.151 e. The minimum absolute atomic E-state index is 0.738. The van der Waals surface area contributed by atoms with E-state index in [4.69, 9.17) is 0 Å². The average Bonchev–Trinajstić information content (AvgIpc) is 2.46. The van der Waals surface area contributed by atoms with Crippen molar-refractivity contribution in [3.8, 4) is 0 Å². The molecule has 4 nitrogen and oxygen atoms in total. The van der Waals surface area contributed by atoms with Crippen LogP contribution in [0.15, 0.2) is 12.1 Å². The molecule has 1 unspecified atom stereocenters. The van der Waals surface area contributed by atoms with Crippen LogP contribution in [0.2, 0.25) is 0 Å². The molecule has 5 heteroatoms. The Morgan fingerprint density at radius 2 is 2.28 bits per heavy atom. The molecule has 1 aromatic rings. The predicted molar refractivity (Wildman–Crippen MR) is 78.2 cm³/mol. The largest absolute Gasteiger partial charge is 0.353 e. The number of hydrogen-bond donors (Lipinski definition) is 1. The molecule has 18 heavy (non-hydrogen) atoms. The van der Waals surface area contributed by atoms with E-state index in [1.807, 2.05) is 0 Å². The van der Waals surface area contributed by atoms with Gasteiger partial charge in [-0.1, -0.05) is 13.8 Å². The number of rotatable bonds is 5. The summed E-state index contributed by atoms with van der Waals surface area (Å²) in [6.07, 6.45) is 1.23. The summed E-state index contributed by atoms with van der Waals surface area (Å²) in [5.41, 5.74) is 1.01. The first-order valence-corrected chi connectivity index (χ1v) is 7.78. The van der Waals surface area contributed by atoms with Crippen LogP contribution in [0.5, 0.6) is 0 Å². The fourth-order valence-electron chi connectivity index (χ4n) is 2.04. The molecule has 0 saturated carbocycles. The summed E-state index contributed by atoms with van der Waals surface area (Å²) in [4.78, 5) is 2.36. The molecular weight excluding hydrogens is 244 g/mol. The fraction of sp³-hybridized carbons (Fsp3) is 0.692. The summed E-state index contributed by atoms with van der Waals surface area (Å²) in [5, 5.41) is 12.6. The van der Waals surface area contributed by atoms with E-state index in [0.717, 1.165) is 42.9 Å². The Kier molecular flexibility index (Phi) is 5.26.